The van der Waals surface area contributed by atoms with Gasteiger partial charge in [-0.15, -0.1) is 0 Å². The van der Waals surface area contributed by atoms with E-state index in [0.29, 0.717) is 21.5 Å². The molecule has 2 fully saturated rings. The van der Waals surface area contributed by atoms with Crippen LogP contribution in [0.5, 0.6) is 0 Å². The average molecular weight is 430 g/mol. The van der Waals surface area contributed by atoms with E-state index in [-0.39, 0.29) is 0 Å². The summed E-state index contributed by atoms with van der Waals surface area (Å²) in [5.74, 6) is 0.959. The van der Waals surface area contributed by atoms with Crippen molar-refractivity contribution in [2.75, 3.05) is 18.0 Å². The second-order valence-electron chi connectivity index (χ2n) is 8.47. The molecule has 2 aromatic heterocycles. The van der Waals surface area contributed by atoms with Crippen LogP contribution >= 0.6 is 23.2 Å². The minimum atomic E-state index is 0.333. The summed E-state index contributed by atoms with van der Waals surface area (Å²) in [6, 6.07) is 6.03. The molecule has 0 bridgehead atoms. The van der Waals surface area contributed by atoms with Gasteiger partial charge in [-0.2, -0.15) is 0 Å². The molecule has 5 nitrogen and oxygen atoms in total. The van der Waals surface area contributed by atoms with Gasteiger partial charge in [-0.1, -0.05) is 35.7 Å². The number of anilines is 1. The molecule has 1 unspecified atom stereocenters. The van der Waals surface area contributed by atoms with Gasteiger partial charge in [0.2, 0.25) is 5.95 Å². The van der Waals surface area contributed by atoms with Gasteiger partial charge in [0, 0.05) is 37.1 Å². The maximum absolute atomic E-state index is 6.46. The maximum Gasteiger partial charge on any atom is 0.211 e. The second kappa shape index (κ2) is 7.15. The number of imidazole rings is 1. The molecule has 1 aliphatic heterocycles. The summed E-state index contributed by atoms with van der Waals surface area (Å²) in [7, 11) is 0. The number of nitrogens with two attached hydrogens (primary N) is 1. The van der Waals surface area contributed by atoms with Crippen LogP contribution in [0.1, 0.15) is 37.8 Å². The van der Waals surface area contributed by atoms with Crippen molar-refractivity contribution in [1.82, 2.24) is 14.4 Å². The highest BCUT2D eigenvalue weighted by Crippen LogP contribution is 2.46. The summed E-state index contributed by atoms with van der Waals surface area (Å²) in [6.07, 6.45) is 9.80. The Bertz CT molecular complexity index is 1070. The number of aromatic nitrogens is 3. The molecule has 1 aromatic carbocycles. The lowest BCUT2D eigenvalue weighted by Crippen LogP contribution is -2.47. The van der Waals surface area contributed by atoms with Crippen molar-refractivity contribution in [2.24, 2.45) is 11.1 Å². The van der Waals surface area contributed by atoms with Gasteiger partial charge in [-0.25, -0.2) is 9.97 Å². The normalized spacial score (nSPS) is 21.4. The van der Waals surface area contributed by atoms with Crippen molar-refractivity contribution >= 4 is 34.8 Å². The Morgan fingerprint density at radius 2 is 1.93 bits per heavy atom. The van der Waals surface area contributed by atoms with Crippen molar-refractivity contribution in [1.29, 1.82) is 0 Å². The van der Waals surface area contributed by atoms with Gasteiger partial charge < -0.3 is 10.6 Å². The van der Waals surface area contributed by atoms with Crippen LogP contribution in [0.15, 0.2) is 30.6 Å². The molecule has 5 rings (SSSR count). The molecular formula is C22H25Cl2N5. The number of benzene rings is 1. The van der Waals surface area contributed by atoms with Gasteiger partial charge in [-0.05, 0) is 55.7 Å². The van der Waals surface area contributed by atoms with Gasteiger partial charge >= 0.3 is 0 Å². The van der Waals surface area contributed by atoms with Crippen molar-refractivity contribution in [3.63, 3.8) is 0 Å². The predicted octanol–water partition coefficient (Wildman–Crippen LogP) is 5.11. The fourth-order valence-corrected chi connectivity index (χ4v) is 5.52. The highest BCUT2D eigenvalue weighted by atomic mass is 35.5. The third-order valence-corrected chi connectivity index (χ3v) is 7.68. The number of piperidine rings is 1. The quantitative estimate of drug-likeness (QED) is 0.614. The van der Waals surface area contributed by atoms with E-state index in [0.717, 1.165) is 54.3 Å². The SMILES string of the molecule is Cc1nc(N2CCC3(CCCC3N)CC2)n2ccnc2c1-c1ccc(Cl)c(Cl)c1. The van der Waals surface area contributed by atoms with Crippen LogP contribution in [-0.2, 0) is 0 Å². The zero-order chi connectivity index (χ0) is 20.2. The first-order chi connectivity index (χ1) is 14.0. The van der Waals surface area contributed by atoms with E-state index in [9.17, 15) is 0 Å². The average Bonchev–Trinajstić information content (AvgIpc) is 3.32. The molecule has 1 saturated carbocycles. The van der Waals surface area contributed by atoms with Crippen molar-refractivity contribution in [3.8, 4) is 11.1 Å². The third kappa shape index (κ3) is 3.11. The molecule has 1 spiro atoms. The first-order valence-corrected chi connectivity index (χ1v) is 11.0. The van der Waals surface area contributed by atoms with E-state index in [4.69, 9.17) is 33.9 Å². The van der Waals surface area contributed by atoms with Crippen LogP contribution in [0, 0.1) is 12.3 Å². The Hall–Kier alpha value is -1.82. The number of hydrogen-bond donors (Lipinski definition) is 1. The zero-order valence-electron chi connectivity index (χ0n) is 16.5. The van der Waals surface area contributed by atoms with Crippen molar-refractivity contribution < 1.29 is 0 Å². The van der Waals surface area contributed by atoms with Crippen LogP contribution in [0.4, 0.5) is 5.95 Å². The predicted molar refractivity (Wildman–Crippen MR) is 119 cm³/mol. The van der Waals surface area contributed by atoms with E-state index in [1.165, 1.54) is 19.3 Å². The summed E-state index contributed by atoms with van der Waals surface area (Å²) >= 11 is 12.4. The molecule has 1 aliphatic carbocycles. The van der Waals surface area contributed by atoms with Crippen LogP contribution in [-0.4, -0.2) is 33.5 Å². The highest BCUT2D eigenvalue weighted by Gasteiger charge is 2.43. The number of aryl methyl sites for hydroxylation is 1. The van der Waals surface area contributed by atoms with Gasteiger partial charge in [0.1, 0.15) is 5.65 Å². The van der Waals surface area contributed by atoms with Gasteiger partial charge in [-0.3, -0.25) is 4.40 Å². The maximum atomic E-state index is 6.46. The smallest absolute Gasteiger partial charge is 0.211 e. The van der Waals surface area contributed by atoms with Crippen molar-refractivity contribution in [2.45, 2.75) is 45.1 Å². The lowest BCUT2D eigenvalue weighted by molar-refractivity contribution is 0.197. The summed E-state index contributed by atoms with van der Waals surface area (Å²) in [5, 5.41) is 1.08. The number of fused-ring (bicyclic) bond motifs is 1. The van der Waals surface area contributed by atoms with E-state index in [1.54, 1.807) is 0 Å². The van der Waals surface area contributed by atoms with E-state index in [2.05, 4.69) is 14.3 Å². The third-order valence-electron chi connectivity index (χ3n) is 6.94. The Balaban J connectivity index is 1.52. The second-order valence-corrected chi connectivity index (χ2v) is 9.28. The topological polar surface area (TPSA) is 59.5 Å². The molecular weight excluding hydrogens is 405 g/mol. The van der Waals surface area contributed by atoms with Crippen LogP contribution < -0.4 is 10.6 Å². The zero-order valence-corrected chi connectivity index (χ0v) is 18.0. The molecule has 2 N–H and O–H groups in total. The van der Waals surface area contributed by atoms with Crippen LogP contribution in [0.3, 0.4) is 0 Å². The molecule has 29 heavy (non-hydrogen) atoms. The number of rotatable bonds is 2. The Morgan fingerprint density at radius 3 is 2.62 bits per heavy atom. The molecule has 3 heterocycles. The fraction of sp³-hybridized carbons (Fsp3) is 0.455. The van der Waals surface area contributed by atoms with Crippen LogP contribution in [0.25, 0.3) is 16.8 Å². The van der Waals surface area contributed by atoms with Crippen LogP contribution in [0.2, 0.25) is 10.0 Å². The standard InChI is InChI=1S/C22H25Cl2N5/c1-14-19(15-4-5-16(23)17(24)13-15)20-26-9-12-29(20)21(27-14)28-10-7-22(8-11-28)6-2-3-18(22)25/h4-5,9,12-13,18H,2-3,6-8,10-11,25H2,1H3. The molecule has 7 heteroatoms. The molecule has 0 radical (unpaired) electrons. The highest BCUT2D eigenvalue weighted by molar-refractivity contribution is 6.42. The van der Waals surface area contributed by atoms with Gasteiger partial charge in [0.15, 0.2) is 0 Å². The monoisotopic (exact) mass is 429 g/mol. The number of nitrogens with zero attached hydrogens (tertiary/aromatic N) is 4. The molecule has 2 aliphatic rings. The first kappa shape index (κ1) is 19.2. The van der Waals surface area contributed by atoms with Gasteiger partial charge in [0.05, 0.1) is 15.7 Å². The Labute approximate surface area is 180 Å². The van der Waals surface area contributed by atoms with Gasteiger partial charge in [0.25, 0.3) is 0 Å². The first-order valence-electron chi connectivity index (χ1n) is 10.3. The number of halogens is 2. The minimum absolute atomic E-state index is 0.333. The van der Waals surface area contributed by atoms with E-state index in [1.807, 2.05) is 37.5 Å². The Kier molecular flexibility index (Phi) is 4.72. The lowest BCUT2D eigenvalue weighted by atomic mass is 9.74. The van der Waals surface area contributed by atoms with E-state index >= 15 is 0 Å². The Morgan fingerprint density at radius 1 is 1.14 bits per heavy atom. The molecule has 3 aromatic rings. The molecule has 0 amide bonds. The summed E-state index contributed by atoms with van der Waals surface area (Å²) in [4.78, 5) is 12.0. The molecule has 1 saturated heterocycles. The summed E-state index contributed by atoms with van der Waals surface area (Å²) in [6.45, 7) is 4.01. The fourth-order valence-electron chi connectivity index (χ4n) is 5.22. The molecule has 152 valence electrons. The van der Waals surface area contributed by atoms with E-state index < -0.39 is 0 Å². The lowest BCUT2D eigenvalue weighted by Gasteiger charge is -2.42. The van der Waals surface area contributed by atoms with Crippen molar-refractivity contribution in [3.05, 3.63) is 46.3 Å². The minimum Gasteiger partial charge on any atom is -0.342 e. The summed E-state index contributed by atoms with van der Waals surface area (Å²) < 4.78 is 2.09. The largest absolute Gasteiger partial charge is 0.342 e. The number of hydrogen-bond acceptors (Lipinski definition) is 4. The summed E-state index contributed by atoms with van der Waals surface area (Å²) in [5.41, 5.74) is 10.6. The molecule has 1 atom stereocenters.